The van der Waals surface area contributed by atoms with Gasteiger partial charge in [-0.1, -0.05) is 77.4 Å². The summed E-state index contributed by atoms with van der Waals surface area (Å²) in [5, 5.41) is 4.30. The van der Waals surface area contributed by atoms with Gasteiger partial charge < -0.3 is 14.0 Å². The average Bonchev–Trinajstić information content (AvgIpc) is 3.19. The minimum absolute atomic E-state index is 0.402. The molecule has 0 aliphatic carbocycles. The number of nitrogens with zero attached hydrogens (tertiary/aromatic N) is 1. The van der Waals surface area contributed by atoms with E-state index in [2.05, 4.69) is 21.1 Å². The molecule has 4 rings (SSSR count). The van der Waals surface area contributed by atoms with E-state index in [0.717, 1.165) is 15.6 Å². The van der Waals surface area contributed by atoms with E-state index in [-0.39, 0.29) is 0 Å². The predicted octanol–water partition coefficient (Wildman–Crippen LogP) is 6.92. The van der Waals surface area contributed by atoms with E-state index < -0.39 is 0 Å². The van der Waals surface area contributed by atoms with Crippen molar-refractivity contribution in [1.29, 1.82) is 0 Å². The first-order valence-electron chi connectivity index (χ1n) is 8.98. The van der Waals surface area contributed by atoms with Crippen molar-refractivity contribution in [2.45, 2.75) is 13.2 Å². The maximum Gasteiger partial charge on any atom is 0.184 e. The van der Waals surface area contributed by atoms with Crippen LogP contribution in [-0.2, 0) is 13.2 Å². The molecule has 0 atom stereocenters. The van der Waals surface area contributed by atoms with Gasteiger partial charge in [-0.25, -0.2) is 0 Å². The van der Waals surface area contributed by atoms with Gasteiger partial charge in [0, 0.05) is 6.07 Å². The SMILES string of the molecule is Clc1cc(-c2oncc2Br)c(OCc2ccccc2)cc1OCc1ccccc1. The summed E-state index contributed by atoms with van der Waals surface area (Å²) in [5.41, 5.74) is 2.80. The maximum atomic E-state index is 6.50. The summed E-state index contributed by atoms with van der Waals surface area (Å²) in [4.78, 5) is 0. The molecule has 1 aromatic heterocycles. The van der Waals surface area contributed by atoms with Gasteiger partial charge in [-0.2, -0.15) is 0 Å². The molecule has 0 N–H and O–H groups in total. The van der Waals surface area contributed by atoms with Crippen LogP contribution in [0.3, 0.4) is 0 Å². The molecule has 3 aromatic carbocycles. The van der Waals surface area contributed by atoms with Crippen LogP contribution in [0.5, 0.6) is 11.5 Å². The van der Waals surface area contributed by atoms with E-state index in [4.69, 9.17) is 25.6 Å². The zero-order valence-electron chi connectivity index (χ0n) is 15.3. The second kappa shape index (κ2) is 9.16. The number of ether oxygens (including phenoxy) is 2. The molecule has 0 aliphatic rings. The molecular formula is C23H17BrClNO3. The largest absolute Gasteiger partial charge is 0.488 e. The molecule has 6 heteroatoms. The summed E-state index contributed by atoms with van der Waals surface area (Å²) in [6.07, 6.45) is 1.59. The predicted molar refractivity (Wildman–Crippen MR) is 116 cm³/mol. The Balaban J connectivity index is 1.64. The van der Waals surface area contributed by atoms with Gasteiger partial charge in [0.05, 0.1) is 21.3 Å². The van der Waals surface area contributed by atoms with Gasteiger partial charge in [0.15, 0.2) is 5.76 Å². The minimum atomic E-state index is 0.402. The first kappa shape index (κ1) is 19.6. The van der Waals surface area contributed by atoms with Gasteiger partial charge in [-0.15, -0.1) is 0 Å². The molecule has 0 saturated carbocycles. The highest BCUT2D eigenvalue weighted by Gasteiger charge is 2.18. The summed E-state index contributed by atoms with van der Waals surface area (Å²) in [6.45, 7) is 0.809. The van der Waals surface area contributed by atoms with Crippen molar-refractivity contribution in [3.63, 3.8) is 0 Å². The lowest BCUT2D eigenvalue weighted by Crippen LogP contribution is -2.00. The average molecular weight is 471 g/mol. The van der Waals surface area contributed by atoms with Crippen molar-refractivity contribution < 1.29 is 14.0 Å². The standard InChI is InChI=1S/C23H17BrClNO3/c24-19-13-26-29-23(19)18-11-20(25)22(28-15-17-9-5-2-6-10-17)12-21(18)27-14-16-7-3-1-4-8-16/h1-13H,14-15H2. The molecule has 0 bridgehead atoms. The van der Waals surface area contributed by atoms with E-state index >= 15 is 0 Å². The smallest absolute Gasteiger partial charge is 0.184 e. The number of rotatable bonds is 7. The highest BCUT2D eigenvalue weighted by Crippen LogP contribution is 2.41. The van der Waals surface area contributed by atoms with Crippen LogP contribution in [0.4, 0.5) is 0 Å². The lowest BCUT2D eigenvalue weighted by atomic mass is 10.1. The fraction of sp³-hybridized carbons (Fsp3) is 0.0870. The van der Waals surface area contributed by atoms with Gasteiger partial charge in [0.25, 0.3) is 0 Å². The van der Waals surface area contributed by atoms with Crippen LogP contribution in [0.25, 0.3) is 11.3 Å². The Morgan fingerprint density at radius 3 is 1.97 bits per heavy atom. The van der Waals surface area contributed by atoms with Crippen LogP contribution in [0.2, 0.25) is 5.02 Å². The summed E-state index contributed by atoms with van der Waals surface area (Å²) >= 11 is 9.95. The van der Waals surface area contributed by atoms with E-state index in [1.807, 2.05) is 60.7 Å². The topological polar surface area (TPSA) is 44.5 Å². The van der Waals surface area contributed by atoms with Crippen LogP contribution in [0.1, 0.15) is 11.1 Å². The van der Waals surface area contributed by atoms with Crippen molar-refractivity contribution in [2.75, 3.05) is 0 Å². The fourth-order valence-electron chi connectivity index (χ4n) is 2.82. The molecule has 4 aromatic rings. The summed E-state index contributed by atoms with van der Waals surface area (Å²) in [6, 6.07) is 23.4. The lowest BCUT2D eigenvalue weighted by Gasteiger charge is -2.15. The van der Waals surface area contributed by atoms with Crippen molar-refractivity contribution in [1.82, 2.24) is 5.16 Å². The number of hydrogen-bond donors (Lipinski definition) is 0. The quantitative estimate of drug-likeness (QED) is 0.294. The maximum absolute atomic E-state index is 6.50. The van der Waals surface area contributed by atoms with Gasteiger partial charge >= 0.3 is 0 Å². The molecule has 146 valence electrons. The van der Waals surface area contributed by atoms with Crippen molar-refractivity contribution >= 4 is 27.5 Å². The first-order valence-corrected chi connectivity index (χ1v) is 10.2. The van der Waals surface area contributed by atoms with E-state index in [0.29, 0.717) is 41.1 Å². The Labute approximate surface area is 182 Å². The Morgan fingerprint density at radius 1 is 0.828 bits per heavy atom. The number of benzene rings is 3. The lowest BCUT2D eigenvalue weighted by molar-refractivity contribution is 0.290. The van der Waals surface area contributed by atoms with Gasteiger partial charge in [0.2, 0.25) is 0 Å². The Hall–Kier alpha value is -2.76. The summed E-state index contributed by atoms with van der Waals surface area (Å²) in [7, 11) is 0. The first-order chi connectivity index (χ1) is 14.2. The Kier molecular flexibility index (Phi) is 6.17. The summed E-state index contributed by atoms with van der Waals surface area (Å²) in [5.74, 6) is 1.68. The third kappa shape index (κ3) is 4.81. The van der Waals surface area contributed by atoms with Crippen molar-refractivity contribution in [3.05, 3.63) is 99.6 Å². The third-order valence-electron chi connectivity index (χ3n) is 4.28. The molecule has 0 aliphatic heterocycles. The second-order valence-corrected chi connectivity index (χ2v) is 7.59. The van der Waals surface area contributed by atoms with E-state index in [1.54, 1.807) is 18.3 Å². The monoisotopic (exact) mass is 469 g/mol. The van der Waals surface area contributed by atoms with Crippen LogP contribution in [0.15, 0.2) is 88.0 Å². The molecule has 4 nitrogen and oxygen atoms in total. The Morgan fingerprint density at radius 2 is 1.41 bits per heavy atom. The Bertz CT molecular complexity index is 1080. The molecule has 0 amide bonds. The van der Waals surface area contributed by atoms with Gasteiger partial charge in [0.1, 0.15) is 24.7 Å². The van der Waals surface area contributed by atoms with Crippen molar-refractivity contribution in [2.24, 2.45) is 0 Å². The number of halogens is 2. The molecule has 0 spiro atoms. The van der Waals surface area contributed by atoms with Crippen LogP contribution >= 0.6 is 27.5 Å². The minimum Gasteiger partial charge on any atom is -0.488 e. The number of aromatic nitrogens is 1. The zero-order valence-corrected chi connectivity index (χ0v) is 17.7. The molecule has 0 radical (unpaired) electrons. The van der Waals surface area contributed by atoms with Crippen LogP contribution < -0.4 is 9.47 Å². The fourth-order valence-corrected chi connectivity index (χ4v) is 3.41. The normalized spacial score (nSPS) is 10.7. The molecule has 0 unspecified atom stereocenters. The van der Waals surface area contributed by atoms with Crippen LogP contribution in [-0.4, -0.2) is 5.16 Å². The zero-order chi connectivity index (χ0) is 20.1. The van der Waals surface area contributed by atoms with E-state index in [9.17, 15) is 0 Å². The second-order valence-electron chi connectivity index (χ2n) is 6.33. The van der Waals surface area contributed by atoms with Crippen molar-refractivity contribution in [3.8, 4) is 22.8 Å². The van der Waals surface area contributed by atoms with Gasteiger partial charge in [-0.05, 0) is 33.1 Å². The molecule has 0 fully saturated rings. The third-order valence-corrected chi connectivity index (χ3v) is 5.14. The number of hydrogen-bond acceptors (Lipinski definition) is 4. The molecule has 0 saturated heterocycles. The summed E-state index contributed by atoms with van der Waals surface area (Å²) < 4.78 is 18.2. The molecule has 1 heterocycles. The highest BCUT2D eigenvalue weighted by atomic mass is 79.9. The van der Waals surface area contributed by atoms with Gasteiger partial charge in [-0.3, -0.25) is 0 Å². The highest BCUT2D eigenvalue weighted by molar-refractivity contribution is 9.10. The van der Waals surface area contributed by atoms with E-state index in [1.165, 1.54) is 0 Å². The molecular weight excluding hydrogens is 454 g/mol. The molecule has 29 heavy (non-hydrogen) atoms. The van der Waals surface area contributed by atoms with Crippen LogP contribution in [0, 0.1) is 0 Å².